The molecule has 37 heavy (non-hydrogen) atoms. The van der Waals surface area contributed by atoms with E-state index in [4.69, 9.17) is 4.84 Å². The van der Waals surface area contributed by atoms with Gasteiger partial charge in [0.25, 0.3) is 5.69 Å². The lowest BCUT2D eigenvalue weighted by molar-refractivity contribution is -0.384. The number of unbranched alkanes of at least 4 members (excludes halogenated alkanes) is 11. The van der Waals surface area contributed by atoms with Gasteiger partial charge in [-0.3, -0.25) is 10.1 Å². The van der Waals surface area contributed by atoms with Crippen LogP contribution in [0, 0.1) is 10.1 Å². The maximum absolute atomic E-state index is 11.4. The number of fused-ring (bicyclic) bond motifs is 3. The van der Waals surface area contributed by atoms with E-state index in [9.17, 15) is 14.9 Å². The summed E-state index contributed by atoms with van der Waals surface area (Å²) in [7, 11) is 0. The molecule has 0 bridgehead atoms. The van der Waals surface area contributed by atoms with E-state index in [1.807, 2.05) is 24.3 Å². The van der Waals surface area contributed by atoms with Gasteiger partial charge in [0, 0.05) is 47.4 Å². The molecule has 0 N–H and O–H groups in total. The number of carbonyl (C=O) groups is 1. The zero-order valence-electron chi connectivity index (χ0n) is 22.6. The number of hydrogen-bond acceptors (Lipinski definition) is 5. The molecule has 0 atom stereocenters. The molecule has 0 spiro atoms. The van der Waals surface area contributed by atoms with E-state index >= 15 is 0 Å². The molecule has 2 aromatic carbocycles. The molecule has 1 heterocycles. The van der Waals surface area contributed by atoms with Gasteiger partial charge >= 0.3 is 5.97 Å². The van der Waals surface area contributed by atoms with Crippen molar-refractivity contribution < 1.29 is 14.6 Å². The first-order valence-electron chi connectivity index (χ1n) is 13.8. The van der Waals surface area contributed by atoms with Crippen LogP contribution in [-0.2, 0) is 16.2 Å². The number of nitro groups is 1. The first kappa shape index (κ1) is 28.4. The molecular formula is C30H41N3O4. The number of aromatic nitrogens is 1. The summed E-state index contributed by atoms with van der Waals surface area (Å²) >= 11 is 0. The van der Waals surface area contributed by atoms with Crippen LogP contribution in [0.25, 0.3) is 21.8 Å². The van der Waals surface area contributed by atoms with Gasteiger partial charge in [-0.15, -0.1) is 0 Å². The van der Waals surface area contributed by atoms with Crippen LogP contribution in [0.3, 0.4) is 0 Å². The minimum atomic E-state index is -0.477. The molecule has 0 radical (unpaired) electrons. The quantitative estimate of drug-likeness (QED) is 0.0638. The topological polar surface area (TPSA) is 86.7 Å². The van der Waals surface area contributed by atoms with Crippen molar-refractivity contribution in [2.75, 3.05) is 0 Å². The second kappa shape index (κ2) is 14.5. The molecular weight excluding hydrogens is 466 g/mol. The zero-order valence-corrected chi connectivity index (χ0v) is 22.6. The predicted molar refractivity (Wildman–Crippen MR) is 151 cm³/mol. The fourth-order valence-corrected chi connectivity index (χ4v) is 4.97. The summed E-state index contributed by atoms with van der Waals surface area (Å²) in [6.07, 6.45) is 15.6. The van der Waals surface area contributed by atoms with Crippen molar-refractivity contribution in [3.05, 3.63) is 52.1 Å². The van der Waals surface area contributed by atoms with Gasteiger partial charge in [0.15, 0.2) is 0 Å². The first-order chi connectivity index (χ1) is 17.9. The van der Waals surface area contributed by atoms with Crippen LogP contribution < -0.4 is 0 Å². The molecule has 0 saturated carbocycles. The van der Waals surface area contributed by atoms with E-state index in [1.165, 1.54) is 77.6 Å². The van der Waals surface area contributed by atoms with E-state index in [1.54, 1.807) is 19.1 Å². The lowest BCUT2D eigenvalue weighted by atomic mass is 10.1. The Bertz CT molecular complexity index is 1230. The summed E-state index contributed by atoms with van der Waals surface area (Å²) < 4.78 is 2.27. The molecule has 1 aromatic heterocycles. The molecule has 7 nitrogen and oxygen atoms in total. The maximum atomic E-state index is 11.4. The molecule has 0 aliphatic rings. The van der Waals surface area contributed by atoms with Gasteiger partial charge in [0.05, 0.1) is 10.6 Å². The number of carbonyl (C=O) groups excluding carboxylic acids is 1. The normalized spacial score (nSPS) is 11.9. The van der Waals surface area contributed by atoms with Gasteiger partial charge in [-0.2, -0.15) is 0 Å². The van der Waals surface area contributed by atoms with Crippen LogP contribution in [0.2, 0.25) is 0 Å². The Morgan fingerprint density at radius 3 is 1.95 bits per heavy atom. The Morgan fingerprint density at radius 2 is 1.38 bits per heavy atom. The lowest BCUT2D eigenvalue weighted by Crippen LogP contribution is -2.00. The Morgan fingerprint density at radius 1 is 0.838 bits per heavy atom. The van der Waals surface area contributed by atoms with Gasteiger partial charge in [-0.05, 0) is 37.1 Å². The molecule has 0 aliphatic carbocycles. The smallest absolute Gasteiger partial charge is 0.331 e. The molecule has 0 aliphatic heterocycles. The Balaban J connectivity index is 1.65. The Kier molecular flexibility index (Phi) is 11.1. The third kappa shape index (κ3) is 8.14. The number of non-ortho nitro benzene ring substituents is 1. The fourth-order valence-electron chi connectivity index (χ4n) is 4.97. The molecule has 200 valence electrons. The minimum absolute atomic E-state index is 0.0765. The van der Waals surface area contributed by atoms with Crippen molar-refractivity contribution in [2.45, 2.75) is 104 Å². The highest BCUT2D eigenvalue weighted by Gasteiger charge is 2.16. The standard InChI is InChI=1S/C30H41N3O4/c1-4-5-6-7-8-9-10-11-12-13-14-15-20-32-29-18-16-25(23(2)31-37-24(3)34)21-27(29)28-22-26(33(35)36)17-19-30(28)32/h16-19,21-22H,4-15,20H2,1-3H3/b31-23+. The fraction of sp³-hybridized carbons (Fsp3) is 0.533. The Hall–Kier alpha value is -3.22. The molecule has 0 saturated heterocycles. The second-order valence-electron chi connectivity index (χ2n) is 9.99. The second-order valence-corrected chi connectivity index (χ2v) is 9.99. The first-order valence-corrected chi connectivity index (χ1v) is 13.8. The van der Waals surface area contributed by atoms with Crippen molar-refractivity contribution in [2.24, 2.45) is 5.16 Å². The summed E-state index contributed by atoms with van der Waals surface area (Å²) in [5.74, 6) is -0.477. The summed E-state index contributed by atoms with van der Waals surface area (Å²) in [5, 5.41) is 17.1. The summed E-state index contributed by atoms with van der Waals surface area (Å²) in [6.45, 7) is 6.21. The van der Waals surface area contributed by atoms with Crippen molar-refractivity contribution in [3.63, 3.8) is 0 Å². The zero-order chi connectivity index (χ0) is 26.6. The summed E-state index contributed by atoms with van der Waals surface area (Å²) in [5.41, 5.74) is 3.50. The number of hydrogen-bond donors (Lipinski definition) is 0. The highest BCUT2D eigenvalue weighted by molar-refractivity contribution is 6.12. The van der Waals surface area contributed by atoms with Crippen LogP contribution in [0.1, 0.15) is 103 Å². The minimum Gasteiger partial charge on any atom is -0.340 e. The highest BCUT2D eigenvalue weighted by atomic mass is 16.7. The largest absolute Gasteiger partial charge is 0.340 e. The number of aryl methyl sites for hydroxylation is 1. The average Bonchev–Trinajstić information content (AvgIpc) is 3.20. The van der Waals surface area contributed by atoms with E-state index in [2.05, 4.69) is 16.6 Å². The summed E-state index contributed by atoms with van der Waals surface area (Å²) in [6, 6.07) is 11.0. The summed E-state index contributed by atoms with van der Waals surface area (Å²) in [4.78, 5) is 27.0. The molecule has 0 unspecified atom stereocenters. The number of oxime groups is 1. The molecule has 3 aromatic rings. The van der Waals surface area contributed by atoms with Gasteiger partial charge in [0.2, 0.25) is 0 Å². The van der Waals surface area contributed by atoms with Crippen LogP contribution in [0.15, 0.2) is 41.6 Å². The van der Waals surface area contributed by atoms with Crippen LogP contribution in [0.5, 0.6) is 0 Å². The number of nitrogens with zero attached hydrogens (tertiary/aromatic N) is 3. The van der Waals surface area contributed by atoms with Gasteiger partial charge in [-0.1, -0.05) is 88.8 Å². The predicted octanol–water partition coefficient (Wildman–Crippen LogP) is 8.69. The maximum Gasteiger partial charge on any atom is 0.331 e. The van der Waals surface area contributed by atoms with E-state index < -0.39 is 5.97 Å². The molecule has 0 amide bonds. The van der Waals surface area contributed by atoms with Crippen LogP contribution in [-0.4, -0.2) is 21.2 Å². The van der Waals surface area contributed by atoms with E-state index in [0.29, 0.717) is 5.71 Å². The van der Waals surface area contributed by atoms with Gasteiger partial charge in [-0.25, -0.2) is 4.79 Å². The monoisotopic (exact) mass is 507 g/mol. The molecule has 7 heteroatoms. The molecule has 3 rings (SSSR count). The average molecular weight is 508 g/mol. The lowest BCUT2D eigenvalue weighted by Gasteiger charge is -2.08. The van der Waals surface area contributed by atoms with Crippen molar-refractivity contribution in [1.29, 1.82) is 0 Å². The SMILES string of the molecule is CCCCCCCCCCCCCCn1c2ccc(/C(C)=N/OC(C)=O)cc2c2cc([N+](=O)[O-])ccc21. The van der Waals surface area contributed by atoms with Crippen molar-refractivity contribution in [3.8, 4) is 0 Å². The van der Waals surface area contributed by atoms with E-state index in [-0.39, 0.29) is 10.6 Å². The Labute approximate surface area is 220 Å². The van der Waals surface area contributed by atoms with Gasteiger partial charge in [0.1, 0.15) is 0 Å². The number of benzene rings is 2. The van der Waals surface area contributed by atoms with Crippen LogP contribution >= 0.6 is 0 Å². The number of nitro benzene ring substituents is 1. The van der Waals surface area contributed by atoms with Crippen molar-refractivity contribution >= 4 is 39.2 Å². The third-order valence-electron chi connectivity index (χ3n) is 7.02. The highest BCUT2D eigenvalue weighted by Crippen LogP contribution is 2.33. The van der Waals surface area contributed by atoms with Crippen LogP contribution in [0.4, 0.5) is 5.69 Å². The van der Waals surface area contributed by atoms with E-state index in [0.717, 1.165) is 40.3 Å². The van der Waals surface area contributed by atoms with Crippen molar-refractivity contribution in [1.82, 2.24) is 4.57 Å². The third-order valence-corrected chi connectivity index (χ3v) is 7.02. The van der Waals surface area contributed by atoms with Gasteiger partial charge < -0.3 is 9.40 Å². The molecule has 0 fully saturated rings. The number of rotatable bonds is 16.